The van der Waals surface area contributed by atoms with Gasteiger partial charge in [-0.05, 0) is 31.4 Å². The van der Waals surface area contributed by atoms with E-state index in [1.54, 1.807) is 7.05 Å². The standard InChI is InChI=1S/C24H29N3O2/c1-17-20-12-6-7-13-21(20)29-22(17)16-27-24(25-2)26-15-19-11-8-14-28-23(19)18-9-4-3-5-10-18/h3-7,9-10,12-13,19,23H,8,11,14-16H2,1-2H3,(H2,25,26,27). The van der Waals surface area contributed by atoms with Crippen LogP contribution in [0.5, 0.6) is 0 Å². The summed E-state index contributed by atoms with van der Waals surface area (Å²) in [6.07, 6.45) is 2.37. The van der Waals surface area contributed by atoms with Gasteiger partial charge in [0.05, 0.1) is 12.6 Å². The molecular weight excluding hydrogens is 362 g/mol. The van der Waals surface area contributed by atoms with E-state index in [0.717, 1.165) is 48.7 Å². The summed E-state index contributed by atoms with van der Waals surface area (Å²) in [5.74, 6) is 2.14. The Hall–Kier alpha value is -2.79. The van der Waals surface area contributed by atoms with E-state index < -0.39 is 0 Å². The first-order valence-electron chi connectivity index (χ1n) is 10.3. The molecule has 0 amide bonds. The van der Waals surface area contributed by atoms with Crippen molar-refractivity contribution in [3.05, 3.63) is 71.5 Å². The van der Waals surface area contributed by atoms with E-state index in [9.17, 15) is 0 Å². The van der Waals surface area contributed by atoms with Crippen molar-refractivity contribution in [2.24, 2.45) is 10.9 Å². The molecule has 2 heterocycles. The minimum Gasteiger partial charge on any atom is -0.459 e. The average Bonchev–Trinajstić information content (AvgIpc) is 3.10. The average molecular weight is 392 g/mol. The van der Waals surface area contributed by atoms with Crippen molar-refractivity contribution in [1.29, 1.82) is 0 Å². The molecule has 2 unspecified atom stereocenters. The Kier molecular flexibility index (Phi) is 6.15. The number of hydrogen-bond acceptors (Lipinski definition) is 3. The zero-order valence-electron chi connectivity index (χ0n) is 17.2. The van der Waals surface area contributed by atoms with E-state index >= 15 is 0 Å². The third kappa shape index (κ3) is 4.46. The van der Waals surface area contributed by atoms with Crippen LogP contribution in [0.3, 0.4) is 0 Å². The van der Waals surface area contributed by atoms with E-state index in [0.29, 0.717) is 12.5 Å². The number of benzene rings is 2. The molecule has 0 saturated carbocycles. The molecule has 2 atom stereocenters. The summed E-state index contributed by atoms with van der Waals surface area (Å²) in [5.41, 5.74) is 3.35. The molecule has 1 aliphatic rings. The number of hydrogen-bond donors (Lipinski definition) is 2. The molecule has 0 aliphatic carbocycles. The number of nitrogens with zero attached hydrogens (tertiary/aromatic N) is 1. The molecule has 3 aromatic rings. The van der Waals surface area contributed by atoms with Crippen molar-refractivity contribution < 1.29 is 9.15 Å². The van der Waals surface area contributed by atoms with Crippen molar-refractivity contribution in [3.8, 4) is 0 Å². The minimum atomic E-state index is 0.133. The molecule has 152 valence electrons. The number of nitrogens with one attached hydrogen (secondary N) is 2. The number of furan rings is 1. The highest BCUT2D eigenvalue weighted by Crippen LogP contribution is 2.33. The van der Waals surface area contributed by atoms with Gasteiger partial charge >= 0.3 is 0 Å². The fraction of sp³-hybridized carbons (Fsp3) is 0.375. The first-order valence-corrected chi connectivity index (χ1v) is 10.3. The lowest BCUT2D eigenvalue weighted by atomic mass is 9.89. The molecule has 5 nitrogen and oxygen atoms in total. The molecule has 1 aromatic heterocycles. The molecule has 2 N–H and O–H groups in total. The van der Waals surface area contributed by atoms with E-state index in [2.05, 4.69) is 52.9 Å². The summed E-state index contributed by atoms with van der Waals surface area (Å²) in [5, 5.41) is 8.03. The van der Waals surface area contributed by atoms with Gasteiger partial charge in [-0.2, -0.15) is 0 Å². The van der Waals surface area contributed by atoms with Crippen molar-refractivity contribution in [3.63, 3.8) is 0 Å². The van der Waals surface area contributed by atoms with Gasteiger partial charge in [-0.3, -0.25) is 4.99 Å². The van der Waals surface area contributed by atoms with Gasteiger partial charge in [0.25, 0.3) is 0 Å². The number of ether oxygens (including phenoxy) is 1. The fourth-order valence-electron chi connectivity index (χ4n) is 4.07. The van der Waals surface area contributed by atoms with Crippen LogP contribution in [0.25, 0.3) is 11.0 Å². The highest BCUT2D eigenvalue weighted by molar-refractivity contribution is 5.82. The maximum absolute atomic E-state index is 6.11. The molecule has 1 aliphatic heterocycles. The smallest absolute Gasteiger partial charge is 0.191 e. The second-order valence-electron chi connectivity index (χ2n) is 7.56. The molecule has 0 spiro atoms. The number of fused-ring (bicyclic) bond motifs is 1. The van der Waals surface area contributed by atoms with Crippen LogP contribution < -0.4 is 10.6 Å². The zero-order chi connectivity index (χ0) is 20.1. The second kappa shape index (κ2) is 9.14. The van der Waals surface area contributed by atoms with Gasteiger partial charge in [0, 0.05) is 37.1 Å². The maximum Gasteiger partial charge on any atom is 0.191 e. The Morgan fingerprint density at radius 3 is 2.66 bits per heavy atom. The van der Waals surface area contributed by atoms with Crippen LogP contribution in [0.15, 0.2) is 64.0 Å². The summed E-state index contributed by atoms with van der Waals surface area (Å²) in [4.78, 5) is 4.38. The Bertz CT molecular complexity index is 965. The molecule has 29 heavy (non-hydrogen) atoms. The van der Waals surface area contributed by atoms with Crippen LogP contribution in [0.4, 0.5) is 0 Å². The third-order valence-electron chi connectivity index (χ3n) is 5.69. The van der Waals surface area contributed by atoms with Crippen molar-refractivity contribution in [2.75, 3.05) is 20.2 Å². The topological polar surface area (TPSA) is 58.8 Å². The van der Waals surface area contributed by atoms with Crippen LogP contribution in [0, 0.1) is 12.8 Å². The highest BCUT2D eigenvalue weighted by Gasteiger charge is 2.27. The van der Waals surface area contributed by atoms with Crippen LogP contribution in [-0.4, -0.2) is 26.2 Å². The Morgan fingerprint density at radius 2 is 1.86 bits per heavy atom. The lowest BCUT2D eigenvalue weighted by Gasteiger charge is -2.32. The second-order valence-corrected chi connectivity index (χ2v) is 7.56. The Morgan fingerprint density at radius 1 is 1.07 bits per heavy atom. The highest BCUT2D eigenvalue weighted by atomic mass is 16.5. The monoisotopic (exact) mass is 391 g/mol. The Balaban J connectivity index is 1.37. The van der Waals surface area contributed by atoms with Crippen molar-refractivity contribution >= 4 is 16.9 Å². The van der Waals surface area contributed by atoms with E-state index in [1.165, 1.54) is 11.1 Å². The van der Waals surface area contributed by atoms with E-state index in [1.807, 2.05) is 24.3 Å². The number of para-hydroxylation sites is 1. The van der Waals surface area contributed by atoms with Gasteiger partial charge < -0.3 is 19.8 Å². The van der Waals surface area contributed by atoms with Crippen LogP contribution in [0.2, 0.25) is 0 Å². The largest absolute Gasteiger partial charge is 0.459 e. The molecule has 5 heteroatoms. The Labute approximate surface area is 172 Å². The SMILES string of the molecule is CN=C(NCc1oc2ccccc2c1C)NCC1CCCOC1c1ccccc1. The van der Waals surface area contributed by atoms with Gasteiger partial charge in [0.1, 0.15) is 11.3 Å². The van der Waals surface area contributed by atoms with Crippen LogP contribution in [-0.2, 0) is 11.3 Å². The van der Waals surface area contributed by atoms with Gasteiger partial charge in [0.15, 0.2) is 5.96 Å². The number of aliphatic imine (C=N–C) groups is 1. The molecule has 2 aromatic carbocycles. The minimum absolute atomic E-state index is 0.133. The molecule has 0 radical (unpaired) electrons. The van der Waals surface area contributed by atoms with Crippen molar-refractivity contribution in [1.82, 2.24) is 10.6 Å². The molecule has 1 fully saturated rings. The summed E-state index contributed by atoms with van der Waals surface area (Å²) in [7, 11) is 1.80. The molecule has 0 bridgehead atoms. The summed E-state index contributed by atoms with van der Waals surface area (Å²) < 4.78 is 12.1. The lowest BCUT2D eigenvalue weighted by molar-refractivity contribution is -0.0265. The van der Waals surface area contributed by atoms with Gasteiger partial charge in [-0.1, -0.05) is 48.5 Å². The zero-order valence-corrected chi connectivity index (χ0v) is 17.2. The maximum atomic E-state index is 6.11. The summed E-state index contributed by atoms with van der Waals surface area (Å²) in [6, 6.07) is 18.6. The third-order valence-corrected chi connectivity index (χ3v) is 5.69. The van der Waals surface area contributed by atoms with E-state index in [4.69, 9.17) is 9.15 Å². The number of aryl methyl sites for hydroxylation is 1. The van der Waals surface area contributed by atoms with Gasteiger partial charge in [0.2, 0.25) is 0 Å². The first-order chi connectivity index (χ1) is 14.3. The van der Waals surface area contributed by atoms with Crippen LogP contribution in [0.1, 0.15) is 35.8 Å². The molecular formula is C24H29N3O2. The first kappa shape index (κ1) is 19.5. The van der Waals surface area contributed by atoms with Crippen LogP contribution >= 0.6 is 0 Å². The van der Waals surface area contributed by atoms with Crippen molar-refractivity contribution in [2.45, 2.75) is 32.4 Å². The summed E-state index contributed by atoms with van der Waals surface area (Å²) in [6.45, 7) is 4.35. The quantitative estimate of drug-likeness (QED) is 0.494. The molecule has 4 rings (SSSR count). The number of guanidine groups is 1. The molecule has 1 saturated heterocycles. The van der Waals surface area contributed by atoms with E-state index in [-0.39, 0.29) is 6.10 Å². The predicted molar refractivity (Wildman–Crippen MR) is 117 cm³/mol. The fourth-order valence-corrected chi connectivity index (χ4v) is 4.07. The number of rotatable bonds is 5. The van der Waals surface area contributed by atoms with Gasteiger partial charge in [-0.25, -0.2) is 0 Å². The normalized spacial score (nSPS) is 20.0. The predicted octanol–water partition coefficient (Wildman–Crippen LogP) is 4.57. The van der Waals surface area contributed by atoms with Gasteiger partial charge in [-0.15, -0.1) is 0 Å². The summed E-state index contributed by atoms with van der Waals surface area (Å²) >= 11 is 0. The lowest BCUT2D eigenvalue weighted by Crippen LogP contribution is -2.41.